The molecule has 0 aliphatic heterocycles. The number of nitrogens with one attached hydrogen (secondary N) is 1. The molecule has 2 aromatic carbocycles. The highest BCUT2D eigenvalue weighted by atomic mass is 35.5. The highest BCUT2D eigenvalue weighted by Gasteiger charge is 2.15. The highest BCUT2D eigenvalue weighted by Crippen LogP contribution is 2.16. The van der Waals surface area contributed by atoms with E-state index in [0.717, 1.165) is 6.07 Å². The Morgan fingerprint density at radius 1 is 1.04 bits per heavy atom. The van der Waals surface area contributed by atoms with E-state index in [9.17, 15) is 14.4 Å². The van der Waals surface area contributed by atoms with E-state index in [1.165, 1.54) is 0 Å². The number of ketones is 1. The van der Waals surface area contributed by atoms with Crippen LogP contribution in [0.25, 0.3) is 10.9 Å². The lowest BCUT2D eigenvalue weighted by atomic mass is 10.1. The van der Waals surface area contributed by atoms with E-state index >= 15 is 0 Å². The summed E-state index contributed by atoms with van der Waals surface area (Å²) in [6, 6.07) is 14.3. The second-order valence-electron chi connectivity index (χ2n) is 5.10. The van der Waals surface area contributed by atoms with E-state index < -0.39 is 18.1 Å². The summed E-state index contributed by atoms with van der Waals surface area (Å²) in [5.41, 5.74) is 0.631. The molecule has 0 saturated carbocycles. The number of hydrogen-bond donors (Lipinski definition) is 1. The van der Waals surface area contributed by atoms with Crippen molar-refractivity contribution in [3.05, 3.63) is 81.1 Å². The number of rotatable bonds is 4. The molecule has 0 amide bonds. The maximum Gasteiger partial charge on any atom is 0.339 e. The smallest absolute Gasteiger partial charge is 0.339 e. The zero-order chi connectivity index (χ0) is 17.1. The summed E-state index contributed by atoms with van der Waals surface area (Å²) in [6.45, 7) is -0.415. The van der Waals surface area contributed by atoms with E-state index in [1.54, 1.807) is 48.5 Å². The number of H-pyrrole nitrogens is 1. The molecule has 1 aromatic heterocycles. The maximum absolute atomic E-state index is 12.3. The van der Waals surface area contributed by atoms with Crippen molar-refractivity contribution < 1.29 is 14.3 Å². The van der Waals surface area contributed by atoms with Gasteiger partial charge in [0.1, 0.15) is 0 Å². The third kappa shape index (κ3) is 3.36. The number of pyridine rings is 1. The Bertz CT molecular complexity index is 976. The van der Waals surface area contributed by atoms with Gasteiger partial charge < -0.3 is 9.72 Å². The predicted octanol–water partition coefficient (Wildman–Crippen LogP) is 3.22. The second kappa shape index (κ2) is 6.68. The van der Waals surface area contributed by atoms with Crippen LogP contribution in [0.3, 0.4) is 0 Å². The van der Waals surface area contributed by atoms with Gasteiger partial charge in [0, 0.05) is 27.6 Å². The van der Waals surface area contributed by atoms with Crippen molar-refractivity contribution in [2.75, 3.05) is 6.61 Å². The Morgan fingerprint density at radius 2 is 1.75 bits per heavy atom. The van der Waals surface area contributed by atoms with Gasteiger partial charge >= 0.3 is 5.97 Å². The summed E-state index contributed by atoms with van der Waals surface area (Å²) in [6.07, 6.45) is 0. The molecular weight excluding hydrogens is 330 g/mol. The van der Waals surface area contributed by atoms with E-state index in [2.05, 4.69) is 4.98 Å². The lowest BCUT2D eigenvalue weighted by Crippen LogP contribution is -2.17. The van der Waals surface area contributed by atoms with Crippen LogP contribution in [-0.2, 0) is 4.74 Å². The average Bonchev–Trinajstić information content (AvgIpc) is 2.59. The third-order valence-electron chi connectivity index (χ3n) is 3.47. The first kappa shape index (κ1) is 16.0. The summed E-state index contributed by atoms with van der Waals surface area (Å²) >= 11 is 5.76. The number of para-hydroxylation sites is 1. The zero-order valence-corrected chi connectivity index (χ0v) is 13.2. The second-order valence-corrected chi connectivity index (χ2v) is 5.54. The van der Waals surface area contributed by atoms with Gasteiger partial charge in [-0.05, 0) is 30.3 Å². The van der Waals surface area contributed by atoms with Crippen molar-refractivity contribution in [2.24, 2.45) is 0 Å². The summed E-state index contributed by atoms with van der Waals surface area (Å²) < 4.78 is 5.06. The number of halogens is 1. The van der Waals surface area contributed by atoms with Crippen molar-refractivity contribution in [2.45, 2.75) is 0 Å². The minimum absolute atomic E-state index is 0.123. The fourth-order valence-electron chi connectivity index (χ4n) is 2.30. The molecule has 0 radical (unpaired) electrons. The predicted molar refractivity (Wildman–Crippen MR) is 90.6 cm³/mol. The fourth-order valence-corrected chi connectivity index (χ4v) is 2.43. The lowest BCUT2D eigenvalue weighted by molar-refractivity contribution is 0.0476. The molecule has 0 fully saturated rings. The Morgan fingerprint density at radius 3 is 2.50 bits per heavy atom. The molecule has 0 bridgehead atoms. The lowest BCUT2D eigenvalue weighted by Gasteiger charge is -2.07. The van der Waals surface area contributed by atoms with Gasteiger partial charge in [-0.3, -0.25) is 9.59 Å². The number of aromatic amines is 1. The van der Waals surface area contributed by atoms with E-state index in [0.29, 0.717) is 21.5 Å². The van der Waals surface area contributed by atoms with Gasteiger partial charge in [0.2, 0.25) is 5.56 Å². The van der Waals surface area contributed by atoms with Crippen molar-refractivity contribution in [1.29, 1.82) is 0 Å². The third-order valence-corrected chi connectivity index (χ3v) is 3.72. The molecule has 5 nitrogen and oxygen atoms in total. The molecule has 0 spiro atoms. The largest absolute Gasteiger partial charge is 0.454 e. The van der Waals surface area contributed by atoms with Gasteiger partial charge in [-0.1, -0.05) is 29.8 Å². The summed E-state index contributed by atoms with van der Waals surface area (Å²) in [5, 5.41) is 1.07. The Labute approximate surface area is 141 Å². The van der Waals surface area contributed by atoms with Crippen LogP contribution < -0.4 is 5.56 Å². The number of carbonyl (C=O) groups excluding carboxylic acids is 2. The molecule has 6 heteroatoms. The van der Waals surface area contributed by atoms with Crippen LogP contribution in [-0.4, -0.2) is 23.3 Å². The minimum Gasteiger partial charge on any atom is -0.454 e. The van der Waals surface area contributed by atoms with Crippen molar-refractivity contribution in [3.63, 3.8) is 0 Å². The molecule has 1 heterocycles. The van der Waals surface area contributed by atoms with Crippen LogP contribution in [0.1, 0.15) is 20.7 Å². The van der Waals surface area contributed by atoms with Gasteiger partial charge in [-0.25, -0.2) is 4.79 Å². The number of ether oxygens (including phenoxy) is 1. The molecule has 120 valence electrons. The zero-order valence-electron chi connectivity index (χ0n) is 12.4. The van der Waals surface area contributed by atoms with Crippen LogP contribution in [0.4, 0.5) is 0 Å². The van der Waals surface area contributed by atoms with Crippen LogP contribution in [0.2, 0.25) is 5.02 Å². The van der Waals surface area contributed by atoms with Crippen LogP contribution in [0.15, 0.2) is 59.4 Å². The number of esters is 1. The van der Waals surface area contributed by atoms with Gasteiger partial charge in [0.05, 0.1) is 5.56 Å². The van der Waals surface area contributed by atoms with E-state index in [-0.39, 0.29) is 11.3 Å². The monoisotopic (exact) mass is 341 g/mol. The SMILES string of the molecule is O=C(COC(=O)c1cc(=O)[nH]c2ccccc12)c1ccc(Cl)cc1. The van der Waals surface area contributed by atoms with Gasteiger partial charge in [-0.2, -0.15) is 0 Å². The van der Waals surface area contributed by atoms with Crippen LogP contribution in [0, 0.1) is 0 Å². The summed E-state index contributed by atoms with van der Waals surface area (Å²) in [7, 11) is 0. The first-order valence-electron chi connectivity index (χ1n) is 7.12. The fraction of sp³-hybridized carbons (Fsp3) is 0.0556. The number of Topliss-reactive ketones (excluding diaryl/α,β-unsaturated/α-hetero) is 1. The van der Waals surface area contributed by atoms with Gasteiger partial charge in [0.15, 0.2) is 12.4 Å². The average molecular weight is 342 g/mol. The molecular formula is C18H12ClNO4. The Hall–Kier alpha value is -2.92. The maximum atomic E-state index is 12.3. The van der Waals surface area contributed by atoms with Gasteiger partial charge in [-0.15, -0.1) is 0 Å². The first-order chi connectivity index (χ1) is 11.5. The minimum atomic E-state index is -0.723. The molecule has 0 aliphatic carbocycles. The molecule has 0 unspecified atom stereocenters. The number of carbonyl (C=O) groups is 2. The highest BCUT2D eigenvalue weighted by molar-refractivity contribution is 6.30. The quantitative estimate of drug-likeness (QED) is 0.584. The summed E-state index contributed by atoms with van der Waals surface area (Å²) in [5.74, 6) is -1.08. The normalized spacial score (nSPS) is 10.5. The number of hydrogen-bond acceptors (Lipinski definition) is 4. The topological polar surface area (TPSA) is 76.2 Å². The summed E-state index contributed by atoms with van der Waals surface area (Å²) in [4.78, 5) is 38.6. The van der Waals surface area contributed by atoms with Crippen LogP contribution >= 0.6 is 11.6 Å². The molecule has 0 atom stereocenters. The van der Waals surface area contributed by atoms with Gasteiger partial charge in [0.25, 0.3) is 0 Å². The Kier molecular flexibility index (Phi) is 4.44. The Balaban J connectivity index is 1.79. The number of benzene rings is 2. The standard InChI is InChI=1S/C18H12ClNO4/c19-12-7-5-11(6-8-12)16(21)10-24-18(23)14-9-17(22)20-15-4-2-1-3-13(14)15/h1-9H,10H2,(H,20,22). The van der Waals surface area contributed by atoms with E-state index in [4.69, 9.17) is 16.3 Å². The van der Waals surface area contributed by atoms with E-state index in [1.807, 2.05) is 0 Å². The number of aromatic nitrogens is 1. The molecule has 24 heavy (non-hydrogen) atoms. The molecule has 0 saturated heterocycles. The first-order valence-corrected chi connectivity index (χ1v) is 7.50. The van der Waals surface area contributed by atoms with Crippen molar-refractivity contribution >= 4 is 34.3 Å². The van der Waals surface area contributed by atoms with Crippen LogP contribution in [0.5, 0.6) is 0 Å². The molecule has 3 rings (SSSR count). The van der Waals surface area contributed by atoms with Crippen molar-refractivity contribution in [1.82, 2.24) is 4.98 Å². The molecule has 3 aromatic rings. The molecule has 0 aliphatic rings. The van der Waals surface area contributed by atoms with Crippen molar-refractivity contribution in [3.8, 4) is 0 Å². The molecule has 1 N–H and O–H groups in total. The number of fused-ring (bicyclic) bond motifs is 1.